The van der Waals surface area contributed by atoms with Gasteiger partial charge in [0.2, 0.25) is 0 Å². The van der Waals surface area contributed by atoms with Gasteiger partial charge in [0.25, 0.3) is 17.4 Å². The molecule has 2 N–H and O–H groups in total. The number of aromatic nitrogens is 1. The van der Waals surface area contributed by atoms with Crippen LogP contribution in [0.4, 0.5) is 5.69 Å². The zero-order valence-corrected chi connectivity index (χ0v) is 16.6. The van der Waals surface area contributed by atoms with Crippen LogP contribution in [0.25, 0.3) is 16.7 Å². The number of nitro benzene ring substituents is 1. The number of rotatable bonds is 6. The van der Waals surface area contributed by atoms with E-state index < -0.39 is 22.7 Å². The number of hydrogen-bond donors (Lipinski definition) is 2. The van der Waals surface area contributed by atoms with Gasteiger partial charge in [0.05, 0.1) is 23.1 Å². The lowest BCUT2D eigenvalue weighted by atomic mass is 9.95. The van der Waals surface area contributed by atoms with Crippen LogP contribution in [-0.4, -0.2) is 51.9 Å². The molecule has 31 heavy (non-hydrogen) atoms. The standard InChI is InChI=1S/C22H19N3O6/c1-31-11-10-24-19(16-12-23-17-5-3-2-4-15(16)17)18(21(27)22(24)28)20(26)13-6-8-14(9-7-13)25(29)30/h2-9,12,19,23,26H,10-11H2,1H3/b20-18+. The highest BCUT2D eigenvalue weighted by Crippen LogP contribution is 2.41. The molecule has 2 heterocycles. The smallest absolute Gasteiger partial charge is 0.295 e. The summed E-state index contributed by atoms with van der Waals surface area (Å²) in [7, 11) is 1.49. The second-order valence-electron chi connectivity index (χ2n) is 7.08. The Hall–Kier alpha value is -3.98. The van der Waals surface area contributed by atoms with Crippen LogP contribution < -0.4 is 0 Å². The van der Waals surface area contributed by atoms with Crippen LogP contribution in [0.5, 0.6) is 0 Å². The number of aliphatic hydroxyl groups is 1. The Labute approximate surface area is 176 Å². The number of para-hydroxylation sites is 1. The summed E-state index contributed by atoms with van der Waals surface area (Å²) in [6, 6.07) is 11.8. The number of Topliss-reactive ketones (excluding diaryl/α,β-unsaturated/α-hetero) is 1. The number of amides is 1. The van der Waals surface area contributed by atoms with Gasteiger partial charge in [-0.2, -0.15) is 0 Å². The van der Waals surface area contributed by atoms with E-state index in [0.717, 1.165) is 10.9 Å². The summed E-state index contributed by atoms with van der Waals surface area (Å²) in [5, 5.41) is 22.7. The minimum absolute atomic E-state index is 0.0697. The molecule has 2 aromatic carbocycles. The Morgan fingerprint density at radius 2 is 1.90 bits per heavy atom. The zero-order chi connectivity index (χ0) is 22.1. The number of ketones is 1. The van der Waals surface area contributed by atoms with Crippen LogP contribution in [0.2, 0.25) is 0 Å². The monoisotopic (exact) mass is 421 g/mol. The molecular weight excluding hydrogens is 402 g/mol. The van der Waals surface area contributed by atoms with Crippen LogP contribution in [0.1, 0.15) is 17.2 Å². The predicted molar refractivity (Wildman–Crippen MR) is 112 cm³/mol. The molecule has 9 heteroatoms. The molecule has 4 rings (SSSR count). The van der Waals surface area contributed by atoms with Gasteiger partial charge in [-0.15, -0.1) is 0 Å². The van der Waals surface area contributed by atoms with Crippen LogP contribution >= 0.6 is 0 Å². The number of aliphatic hydroxyl groups excluding tert-OH is 1. The number of hydrogen-bond acceptors (Lipinski definition) is 6. The normalized spacial score (nSPS) is 18.1. The highest BCUT2D eigenvalue weighted by Gasteiger charge is 2.46. The Balaban J connectivity index is 1.89. The molecule has 1 amide bonds. The fourth-order valence-electron chi connectivity index (χ4n) is 3.84. The molecule has 1 aliphatic rings. The number of benzene rings is 2. The molecule has 1 saturated heterocycles. The van der Waals surface area contributed by atoms with Gasteiger partial charge in [-0.1, -0.05) is 18.2 Å². The molecule has 1 fully saturated rings. The maximum absolute atomic E-state index is 12.9. The number of aromatic amines is 1. The van der Waals surface area contributed by atoms with Gasteiger partial charge in [0.15, 0.2) is 0 Å². The first-order valence-electron chi connectivity index (χ1n) is 9.52. The molecule has 0 radical (unpaired) electrons. The Kier molecular flexibility index (Phi) is 5.26. The van der Waals surface area contributed by atoms with Gasteiger partial charge in [0.1, 0.15) is 5.76 Å². The van der Waals surface area contributed by atoms with Gasteiger partial charge in [-0.25, -0.2) is 0 Å². The van der Waals surface area contributed by atoms with E-state index in [1.165, 1.54) is 36.3 Å². The van der Waals surface area contributed by atoms with Crippen molar-refractivity contribution in [2.24, 2.45) is 0 Å². The number of fused-ring (bicyclic) bond motifs is 1. The lowest BCUT2D eigenvalue weighted by Crippen LogP contribution is -2.32. The SMILES string of the molecule is COCCN1C(=O)C(=O)/C(=C(/O)c2ccc([N+](=O)[O-])cc2)C1c1c[nH]c2ccccc12. The summed E-state index contributed by atoms with van der Waals surface area (Å²) >= 11 is 0. The second-order valence-corrected chi connectivity index (χ2v) is 7.08. The third-order valence-corrected chi connectivity index (χ3v) is 5.34. The number of carbonyl (C=O) groups is 2. The van der Waals surface area contributed by atoms with Crippen molar-refractivity contribution >= 4 is 34.0 Å². The summed E-state index contributed by atoms with van der Waals surface area (Å²) < 4.78 is 5.10. The predicted octanol–water partition coefficient (Wildman–Crippen LogP) is 3.14. The average molecular weight is 421 g/mol. The highest BCUT2D eigenvalue weighted by molar-refractivity contribution is 6.46. The number of nitro groups is 1. The van der Waals surface area contributed by atoms with Crippen LogP contribution in [0.15, 0.2) is 60.3 Å². The summed E-state index contributed by atoms with van der Waals surface area (Å²) in [6.07, 6.45) is 1.71. The minimum Gasteiger partial charge on any atom is -0.507 e. The van der Waals surface area contributed by atoms with Crippen molar-refractivity contribution in [2.45, 2.75) is 6.04 Å². The van der Waals surface area contributed by atoms with E-state index in [9.17, 15) is 24.8 Å². The van der Waals surface area contributed by atoms with Crippen LogP contribution in [0.3, 0.4) is 0 Å². The summed E-state index contributed by atoms with van der Waals surface area (Å²) in [6.45, 7) is 0.367. The minimum atomic E-state index is -0.832. The number of carbonyl (C=O) groups excluding carboxylic acids is 2. The zero-order valence-electron chi connectivity index (χ0n) is 16.6. The van der Waals surface area contributed by atoms with Crippen molar-refractivity contribution in [1.29, 1.82) is 0 Å². The highest BCUT2D eigenvalue weighted by atomic mass is 16.6. The molecule has 3 aromatic rings. The van der Waals surface area contributed by atoms with Crippen molar-refractivity contribution in [3.63, 3.8) is 0 Å². The second kappa shape index (κ2) is 8.04. The van der Waals surface area contributed by atoms with Gasteiger partial charge in [-0.3, -0.25) is 19.7 Å². The number of non-ortho nitro benzene ring substituents is 1. The van der Waals surface area contributed by atoms with E-state index in [4.69, 9.17) is 4.74 Å². The number of likely N-dealkylation sites (tertiary alicyclic amines) is 1. The van der Waals surface area contributed by atoms with Crippen molar-refractivity contribution in [3.05, 3.63) is 81.5 Å². The maximum Gasteiger partial charge on any atom is 0.295 e. The molecule has 9 nitrogen and oxygen atoms in total. The molecule has 0 aliphatic carbocycles. The largest absolute Gasteiger partial charge is 0.507 e. The van der Waals surface area contributed by atoms with E-state index in [1.807, 2.05) is 24.3 Å². The third-order valence-electron chi connectivity index (χ3n) is 5.34. The molecular formula is C22H19N3O6. The first kappa shape index (κ1) is 20.3. The lowest BCUT2D eigenvalue weighted by molar-refractivity contribution is -0.384. The Bertz CT molecular complexity index is 1210. The summed E-state index contributed by atoms with van der Waals surface area (Å²) in [5.41, 5.74) is 1.48. The van der Waals surface area contributed by atoms with Crippen molar-refractivity contribution < 1.29 is 24.4 Å². The number of ether oxygens (including phenoxy) is 1. The van der Waals surface area contributed by atoms with Crippen LogP contribution in [0, 0.1) is 10.1 Å². The number of nitrogens with zero attached hydrogens (tertiary/aromatic N) is 2. The molecule has 1 aromatic heterocycles. The van der Waals surface area contributed by atoms with E-state index in [0.29, 0.717) is 5.56 Å². The number of H-pyrrole nitrogens is 1. The Morgan fingerprint density at radius 1 is 1.19 bits per heavy atom. The van der Waals surface area contributed by atoms with Gasteiger partial charge in [-0.05, 0) is 18.2 Å². The van der Waals surface area contributed by atoms with Crippen molar-refractivity contribution in [2.75, 3.05) is 20.3 Å². The topological polar surface area (TPSA) is 126 Å². The first-order valence-corrected chi connectivity index (χ1v) is 9.52. The van der Waals surface area contributed by atoms with E-state index in [-0.39, 0.29) is 35.7 Å². The van der Waals surface area contributed by atoms with E-state index in [1.54, 1.807) is 6.20 Å². The molecule has 1 aliphatic heterocycles. The molecule has 0 saturated carbocycles. The lowest BCUT2D eigenvalue weighted by Gasteiger charge is -2.24. The number of nitrogens with one attached hydrogen (secondary N) is 1. The fourth-order valence-corrected chi connectivity index (χ4v) is 3.84. The van der Waals surface area contributed by atoms with Crippen molar-refractivity contribution in [1.82, 2.24) is 9.88 Å². The third kappa shape index (κ3) is 3.44. The quantitative estimate of drug-likeness (QED) is 0.207. The molecule has 1 unspecified atom stereocenters. The maximum atomic E-state index is 12.9. The molecule has 158 valence electrons. The first-order chi connectivity index (χ1) is 14.9. The molecule has 1 atom stereocenters. The summed E-state index contributed by atoms with van der Waals surface area (Å²) in [4.78, 5) is 40.6. The van der Waals surface area contributed by atoms with Crippen molar-refractivity contribution in [3.8, 4) is 0 Å². The van der Waals surface area contributed by atoms with E-state index in [2.05, 4.69) is 4.98 Å². The van der Waals surface area contributed by atoms with Crippen LogP contribution in [-0.2, 0) is 14.3 Å². The molecule has 0 bridgehead atoms. The average Bonchev–Trinajstić information content (AvgIpc) is 3.31. The Morgan fingerprint density at radius 3 is 2.58 bits per heavy atom. The molecule has 0 spiro atoms. The van der Waals surface area contributed by atoms with Gasteiger partial charge < -0.3 is 19.7 Å². The summed E-state index contributed by atoms with van der Waals surface area (Å²) in [5.74, 6) is -1.94. The fraction of sp³-hybridized carbons (Fsp3) is 0.182. The van der Waals surface area contributed by atoms with Gasteiger partial charge in [0, 0.05) is 54.0 Å². The van der Waals surface area contributed by atoms with E-state index >= 15 is 0 Å². The number of methoxy groups -OCH3 is 1. The van der Waals surface area contributed by atoms with Gasteiger partial charge >= 0.3 is 0 Å².